The summed E-state index contributed by atoms with van der Waals surface area (Å²) in [7, 11) is 2.16. The minimum atomic E-state index is -0.0316. The molecule has 4 aromatic rings. The number of para-hydroxylation sites is 1. The number of hydrogen-bond donors (Lipinski definition) is 1. The number of benzene rings is 3. The van der Waals surface area contributed by atoms with Gasteiger partial charge >= 0.3 is 0 Å². The van der Waals surface area contributed by atoms with Crippen molar-refractivity contribution in [2.75, 3.05) is 43.4 Å². The first-order valence-electron chi connectivity index (χ1n) is 11.1. The van der Waals surface area contributed by atoms with Crippen LogP contribution in [-0.4, -0.2) is 48.6 Å². The number of fused-ring (bicyclic) bond motifs is 1. The number of nitrogens with zero attached hydrogens (tertiary/aromatic N) is 3. The van der Waals surface area contributed by atoms with E-state index in [9.17, 15) is 4.79 Å². The lowest BCUT2D eigenvalue weighted by molar-refractivity contribution is -0.116. The van der Waals surface area contributed by atoms with Crippen molar-refractivity contribution < 1.29 is 4.79 Å². The van der Waals surface area contributed by atoms with Gasteiger partial charge in [0.25, 0.3) is 0 Å². The van der Waals surface area contributed by atoms with E-state index in [1.807, 2.05) is 42.5 Å². The van der Waals surface area contributed by atoms with E-state index in [4.69, 9.17) is 0 Å². The zero-order chi connectivity index (χ0) is 21.9. The quantitative estimate of drug-likeness (QED) is 0.505. The Morgan fingerprint density at radius 2 is 1.53 bits per heavy atom. The van der Waals surface area contributed by atoms with Gasteiger partial charge in [-0.25, -0.2) is 0 Å². The van der Waals surface area contributed by atoms with Crippen LogP contribution in [0.25, 0.3) is 22.2 Å². The number of hydrogen-bond acceptors (Lipinski definition) is 3. The number of carbonyl (C=O) groups is 1. The van der Waals surface area contributed by atoms with Gasteiger partial charge in [-0.05, 0) is 49.0 Å². The van der Waals surface area contributed by atoms with Gasteiger partial charge in [-0.3, -0.25) is 4.79 Å². The summed E-state index contributed by atoms with van der Waals surface area (Å²) in [6.07, 6.45) is 0. The summed E-state index contributed by atoms with van der Waals surface area (Å²) in [5, 5.41) is 4.21. The molecule has 5 heteroatoms. The van der Waals surface area contributed by atoms with Gasteiger partial charge in [0.1, 0.15) is 6.54 Å². The van der Waals surface area contributed by atoms with Crippen LogP contribution < -0.4 is 10.2 Å². The molecule has 1 N–H and O–H groups in total. The van der Waals surface area contributed by atoms with Gasteiger partial charge in [0, 0.05) is 54.2 Å². The minimum absolute atomic E-state index is 0.0316. The molecular formula is C27H28N4O. The van der Waals surface area contributed by atoms with Crippen molar-refractivity contribution >= 4 is 28.2 Å². The standard InChI is InChI=1S/C27H28N4O/c1-29-15-17-30(18-16-29)24-13-11-23(12-14-24)28-27(32)20-31-25-10-6-5-9-22(25)19-26(31)21-7-3-2-4-8-21/h2-14,19H,15-18,20H2,1H3,(H,28,32). The first-order valence-corrected chi connectivity index (χ1v) is 11.1. The summed E-state index contributed by atoms with van der Waals surface area (Å²) in [5.41, 5.74) is 5.25. The number of piperazine rings is 1. The van der Waals surface area contributed by atoms with Gasteiger partial charge in [0.05, 0.1) is 0 Å². The van der Waals surface area contributed by atoms with Crippen molar-refractivity contribution in [2.24, 2.45) is 0 Å². The summed E-state index contributed by atoms with van der Waals surface area (Å²) < 4.78 is 2.10. The smallest absolute Gasteiger partial charge is 0.244 e. The van der Waals surface area contributed by atoms with Crippen LogP contribution in [0.2, 0.25) is 0 Å². The van der Waals surface area contributed by atoms with Crippen LogP contribution in [0.5, 0.6) is 0 Å². The lowest BCUT2D eigenvalue weighted by Crippen LogP contribution is -2.44. The summed E-state index contributed by atoms with van der Waals surface area (Å²) in [6.45, 7) is 4.48. The molecule has 3 aromatic carbocycles. The molecule has 1 aliphatic heterocycles. The number of anilines is 2. The first-order chi connectivity index (χ1) is 15.7. The Morgan fingerprint density at radius 3 is 2.28 bits per heavy atom. The molecule has 1 amide bonds. The maximum Gasteiger partial charge on any atom is 0.244 e. The molecule has 0 unspecified atom stereocenters. The van der Waals surface area contributed by atoms with Gasteiger partial charge in [0.15, 0.2) is 0 Å². The van der Waals surface area contributed by atoms with Crippen molar-refractivity contribution in [3.63, 3.8) is 0 Å². The molecule has 162 valence electrons. The Balaban J connectivity index is 1.33. The molecule has 0 spiro atoms. The molecule has 5 rings (SSSR count). The molecule has 2 heterocycles. The molecule has 0 atom stereocenters. The number of amides is 1. The third kappa shape index (κ3) is 4.25. The Labute approximate surface area is 188 Å². The summed E-state index contributed by atoms with van der Waals surface area (Å²) >= 11 is 0. The highest BCUT2D eigenvalue weighted by Gasteiger charge is 2.15. The summed E-state index contributed by atoms with van der Waals surface area (Å²) in [6, 6.07) is 28.8. The van der Waals surface area contributed by atoms with E-state index in [2.05, 4.69) is 69.2 Å². The Hall–Kier alpha value is -3.57. The molecule has 0 bridgehead atoms. The Bertz CT molecular complexity index is 1210. The maximum atomic E-state index is 13.0. The van der Waals surface area contributed by atoms with E-state index in [0.29, 0.717) is 0 Å². The normalized spacial score (nSPS) is 14.6. The molecule has 1 aromatic heterocycles. The second-order valence-electron chi connectivity index (χ2n) is 8.43. The van der Waals surface area contributed by atoms with E-state index in [0.717, 1.165) is 54.0 Å². The van der Waals surface area contributed by atoms with Crippen LogP contribution in [0.3, 0.4) is 0 Å². The molecule has 0 radical (unpaired) electrons. The molecule has 32 heavy (non-hydrogen) atoms. The topological polar surface area (TPSA) is 40.5 Å². The fourth-order valence-electron chi connectivity index (χ4n) is 4.39. The van der Waals surface area contributed by atoms with Crippen LogP contribution in [0, 0.1) is 0 Å². The Kier molecular flexibility index (Phi) is 5.65. The minimum Gasteiger partial charge on any atom is -0.369 e. The summed E-state index contributed by atoms with van der Waals surface area (Å²) in [5.74, 6) is -0.0316. The zero-order valence-corrected chi connectivity index (χ0v) is 18.4. The molecule has 0 saturated carbocycles. The number of carbonyl (C=O) groups excluding carboxylic acids is 1. The second-order valence-corrected chi connectivity index (χ2v) is 8.43. The van der Waals surface area contributed by atoms with E-state index in [1.54, 1.807) is 0 Å². The van der Waals surface area contributed by atoms with E-state index in [-0.39, 0.29) is 12.5 Å². The lowest BCUT2D eigenvalue weighted by Gasteiger charge is -2.34. The van der Waals surface area contributed by atoms with Crippen LogP contribution >= 0.6 is 0 Å². The van der Waals surface area contributed by atoms with E-state index < -0.39 is 0 Å². The van der Waals surface area contributed by atoms with Gasteiger partial charge in [-0.2, -0.15) is 0 Å². The predicted molar refractivity (Wildman–Crippen MR) is 132 cm³/mol. The van der Waals surface area contributed by atoms with Crippen molar-refractivity contribution in [3.05, 3.63) is 84.9 Å². The van der Waals surface area contributed by atoms with Gasteiger partial charge in [-0.15, -0.1) is 0 Å². The fraction of sp³-hybridized carbons (Fsp3) is 0.222. The number of rotatable bonds is 5. The van der Waals surface area contributed by atoms with Crippen LogP contribution in [0.15, 0.2) is 84.9 Å². The van der Waals surface area contributed by atoms with E-state index >= 15 is 0 Å². The molecule has 1 aliphatic rings. The van der Waals surface area contributed by atoms with Crippen molar-refractivity contribution in [1.29, 1.82) is 0 Å². The predicted octanol–water partition coefficient (Wildman–Crippen LogP) is 4.70. The molecule has 5 nitrogen and oxygen atoms in total. The first kappa shape index (κ1) is 20.3. The Morgan fingerprint density at radius 1 is 0.844 bits per heavy atom. The number of nitrogens with one attached hydrogen (secondary N) is 1. The van der Waals surface area contributed by atoms with Crippen molar-refractivity contribution in [2.45, 2.75) is 6.54 Å². The van der Waals surface area contributed by atoms with Crippen LogP contribution in [0.1, 0.15) is 0 Å². The third-order valence-electron chi connectivity index (χ3n) is 6.20. The SMILES string of the molecule is CN1CCN(c2ccc(NC(=O)Cn3c(-c4ccccc4)cc4ccccc43)cc2)CC1. The largest absolute Gasteiger partial charge is 0.369 e. The molecule has 1 saturated heterocycles. The maximum absolute atomic E-state index is 13.0. The average molecular weight is 425 g/mol. The van der Waals surface area contributed by atoms with Gasteiger partial charge in [-0.1, -0.05) is 48.5 Å². The number of likely N-dealkylation sites (N-methyl/N-ethyl adjacent to an activating group) is 1. The monoisotopic (exact) mass is 424 g/mol. The van der Waals surface area contributed by atoms with Crippen LogP contribution in [-0.2, 0) is 11.3 Å². The number of aromatic nitrogens is 1. The molecule has 0 aliphatic carbocycles. The van der Waals surface area contributed by atoms with Crippen molar-refractivity contribution in [1.82, 2.24) is 9.47 Å². The fourth-order valence-corrected chi connectivity index (χ4v) is 4.39. The summed E-state index contributed by atoms with van der Waals surface area (Å²) in [4.78, 5) is 17.7. The average Bonchev–Trinajstić information content (AvgIpc) is 3.19. The highest BCUT2D eigenvalue weighted by atomic mass is 16.1. The highest BCUT2D eigenvalue weighted by molar-refractivity contribution is 5.94. The van der Waals surface area contributed by atoms with Gasteiger partial charge < -0.3 is 19.7 Å². The second kappa shape index (κ2) is 8.89. The molecular weight excluding hydrogens is 396 g/mol. The highest BCUT2D eigenvalue weighted by Crippen LogP contribution is 2.28. The lowest BCUT2D eigenvalue weighted by atomic mass is 10.1. The van der Waals surface area contributed by atoms with Gasteiger partial charge in [0.2, 0.25) is 5.91 Å². The zero-order valence-electron chi connectivity index (χ0n) is 18.4. The van der Waals surface area contributed by atoms with E-state index in [1.165, 1.54) is 5.69 Å². The van der Waals surface area contributed by atoms with Crippen molar-refractivity contribution in [3.8, 4) is 11.3 Å². The van der Waals surface area contributed by atoms with Crippen LogP contribution in [0.4, 0.5) is 11.4 Å². The third-order valence-corrected chi connectivity index (χ3v) is 6.20. The molecule has 1 fully saturated rings.